The molecule has 3 atom stereocenters. The molecule has 0 heterocycles. The molecule has 90 valence electrons. The molecule has 8 N–H and O–H groups in total. The third-order valence-electron chi connectivity index (χ3n) is 1.18. The van der Waals surface area contributed by atoms with E-state index >= 15 is 0 Å². The van der Waals surface area contributed by atoms with Crippen molar-refractivity contribution in [3.8, 4) is 0 Å². The van der Waals surface area contributed by atoms with Crippen LogP contribution < -0.4 is 11.5 Å². The molecule has 0 saturated heterocycles. The van der Waals surface area contributed by atoms with Crippen LogP contribution in [0.25, 0.3) is 0 Å². The molecule has 15 heavy (non-hydrogen) atoms. The van der Waals surface area contributed by atoms with Crippen molar-refractivity contribution >= 4 is 11.9 Å². The molecule has 0 bridgehead atoms. The monoisotopic (exact) mass is 224 g/mol. The molecule has 0 aliphatic heterocycles. The number of carboxylic acid groups (broad SMARTS) is 2. The van der Waals surface area contributed by atoms with Gasteiger partial charge in [0.25, 0.3) is 0 Å². The Labute approximate surface area is 86.1 Å². The summed E-state index contributed by atoms with van der Waals surface area (Å²) in [5.41, 5.74) is 10.2. The SMILES string of the molecule is CC(N)CN.O=C(O)C(O)C(O)C(=O)O. The summed E-state index contributed by atoms with van der Waals surface area (Å²) in [6.07, 6.45) is -4.53. The molecule has 8 nitrogen and oxygen atoms in total. The zero-order chi connectivity index (χ0) is 12.6. The molecule has 0 radical (unpaired) electrons. The van der Waals surface area contributed by atoms with Gasteiger partial charge in [-0.05, 0) is 6.92 Å². The molecule has 0 aliphatic rings. The average Bonchev–Trinajstić information content (AvgIpc) is 2.16. The molecular weight excluding hydrogens is 208 g/mol. The number of rotatable bonds is 4. The summed E-state index contributed by atoms with van der Waals surface area (Å²) in [5.74, 6) is -3.54. The zero-order valence-corrected chi connectivity index (χ0v) is 8.20. The van der Waals surface area contributed by atoms with Crippen molar-refractivity contribution in [3.05, 3.63) is 0 Å². The lowest BCUT2D eigenvalue weighted by Gasteiger charge is -2.07. The second kappa shape index (κ2) is 8.12. The maximum Gasteiger partial charge on any atom is 0.335 e. The van der Waals surface area contributed by atoms with Crippen LogP contribution in [0.2, 0.25) is 0 Å². The van der Waals surface area contributed by atoms with Gasteiger partial charge in [0.2, 0.25) is 0 Å². The zero-order valence-electron chi connectivity index (χ0n) is 8.20. The van der Waals surface area contributed by atoms with E-state index in [1.54, 1.807) is 0 Å². The lowest BCUT2D eigenvalue weighted by atomic mass is 10.2. The highest BCUT2D eigenvalue weighted by Gasteiger charge is 2.29. The van der Waals surface area contributed by atoms with Gasteiger partial charge in [0.1, 0.15) is 0 Å². The van der Waals surface area contributed by atoms with Crippen LogP contribution in [0.5, 0.6) is 0 Å². The van der Waals surface area contributed by atoms with Gasteiger partial charge < -0.3 is 31.9 Å². The van der Waals surface area contributed by atoms with Gasteiger partial charge in [-0.15, -0.1) is 0 Å². The van der Waals surface area contributed by atoms with Gasteiger partial charge in [-0.1, -0.05) is 0 Å². The van der Waals surface area contributed by atoms with E-state index in [-0.39, 0.29) is 6.04 Å². The smallest absolute Gasteiger partial charge is 0.335 e. The molecule has 0 saturated carbocycles. The quantitative estimate of drug-likeness (QED) is 0.297. The predicted octanol–water partition coefficient (Wildman–Crippen LogP) is -2.83. The highest BCUT2D eigenvalue weighted by Crippen LogP contribution is 1.92. The first-order valence-corrected chi connectivity index (χ1v) is 4.01. The number of carboxylic acids is 2. The third kappa shape index (κ3) is 9.09. The normalized spacial score (nSPS) is 15.5. The van der Waals surface area contributed by atoms with E-state index in [1.165, 1.54) is 0 Å². The Morgan fingerprint density at radius 3 is 1.40 bits per heavy atom. The Bertz CT molecular complexity index is 190. The lowest BCUT2D eigenvalue weighted by molar-refractivity contribution is -0.165. The van der Waals surface area contributed by atoms with Crippen LogP contribution in [0, 0.1) is 0 Å². The summed E-state index contributed by atoms with van der Waals surface area (Å²) in [7, 11) is 0. The largest absolute Gasteiger partial charge is 0.479 e. The molecule has 0 aromatic rings. The molecule has 0 aromatic heterocycles. The maximum atomic E-state index is 9.77. The van der Waals surface area contributed by atoms with Crippen molar-refractivity contribution in [2.75, 3.05) is 6.54 Å². The van der Waals surface area contributed by atoms with Crippen LogP contribution in [0.3, 0.4) is 0 Å². The summed E-state index contributed by atoms with van der Waals surface area (Å²) in [6.45, 7) is 2.46. The fraction of sp³-hybridized carbons (Fsp3) is 0.714. The minimum absolute atomic E-state index is 0.162. The van der Waals surface area contributed by atoms with Gasteiger partial charge >= 0.3 is 11.9 Å². The molecular formula is C7H16N2O6. The number of hydrogen-bond donors (Lipinski definition) is 6. The molecule has 0 amide bonds. The molecule has 0 fully saturated rings. The molecule has 8 heteroatoms. The van der Waals surface area contributed by atoms with E-state index in [0.29, 0.717) is 6.54 Å². The van der Waals surface area contributed by atoms with Gasteiger partial charge in [0.05, 0.1) is 0 Å². The van der Waals surface area contributed by atoms with E-state index in [9.17, 15) is 9.59 Å². The fourth-order valence-electron chi connectivity index (χ4n) is 0.270. The second-order valence-electron chi connectivity index (χ2n) is 2.78. The van der Waals surface area contributed by atoms with Crippen molar-refractivity contribution in [1.29, 1.82) is 0 Å². The van der Waals surface area contributed by atoms with Gasteiger partial charge in [-0.3, -0.25) is 0 Å². The first kappa shape index (κ1) is 16.2. The number of aliphatic hydroxyl groups excluding tert-OH is 2. The van der Waals surface area contributed by atoms with Crippen LogP contribution >= 0.6 is 0 Å². The second-order valence-corrected chi connectivity index (χ2v) is 2.78. The number of hydrogen-bond acceptors (Lipinski definition) is 6. The Morgan fingerprint density at radius 1 is 1.13 bits per heavy atom. The van der Waals surface area contributed by atoms with E-state index in [2.05, 4.69) is 0 Å². The van der Waals surface area contributed by atoms with E-state index in [4.69, 9.17) is 31.9 Å². The summed E-state index contributed by atoms with van der Waals surface area (Å²) in [6, 6.07) is 0.162. The molecule has 0 aliphatic carbocycles. The maximum absolute atomic E-state index is 9.77. The third-order valence-corrected chi connectivity index (χ3v) is 1.18. The Balaban J connectivity index is 0. The summed E-state index contributed by atoms with van der Waals surface area (Å²) >= 11 is 0. The van der Waals surface area contributed by atoms with Gasteiger partial charge in [-0.25, -0.2) is 9.59 Å². The summed E-state index contributed by atoms with van der Waals surface area (Å²) < 4.78 is 0. The summed E-state index contributed by atoms with van der Waals surface area (Å²) in [4.78, 5) is 19.5. The standard InChI is InChI=1S/C4H6O6.C3H10N2/c5-1(3(7)8)2(6)4(9)10;1-3(5)2-4/h1-2,5-6H,(H,7,8)(H,9,10);3H,2,4-5H2,1H3. The number of nitrogens with two attached hydrogens (primary N) is 2. The van der Waals surface area contributed by atoms with Crippen molar-refractivity contribution in [3.63, 3.8) is 0 Å². The Kier molecular flexibility index (Phi) is 8.78. The molecule has 0 spiro atoms. The van der Waals surface area contributed by atoms with Crippen molar-refractivity contribution in [1.82, 2.24) is 0 Å². The van der Waals surface area contributed by atoms with Gasteiger partial charge in [-0.2, -0.15) is 0 Å². The molecule has 3 unspecified atom stereocenters. The highest BCUT2D eigenvalue weighted by molar-refractivity contribution is 5.83. The number of carbonyl (C=O) groups is 2. The minimum Gasteiger partial charge on any atom is -0.479 e. The van der Waals surface area contributed by atoms with E-state index in [1.807, 2.05) is 6.92 Å². The van der Waals surface area contributed by atoms with E-state index < -0.39 is 24.1 Å². The Hall–Kier alpha value is -1.22. The van der Waals surface area contributed by atoms with Crippen molar-refractivity contribution < 1.29 is 30.0 Å². The van der Waals surface area contributed by atoms with Crippen molar-refractivity contribution in [2.24, 2.45) is 11.5 Å². The topological polar surface area (TPSA) is 167 Å². The highest BCUT2D eigenvalue weighted by atomic mass is 16.4. The average molecular weight is 224 g/mol. The van der Waals surface area contributed by atoms with Crippen LogP contribution in [0.1, 0.15) is 6.92 Å². The first-order valence-electron chi connectivity index (χ1n) is 4.01. The first-order chi connectivity index (χ1) is 6.73. The molecule has 0 rings (SSSR count). The van der Waals surface area contributed by atoms with Crippen LogP contribution in [0.4, 0.5) is 0 Å². The van der Waals surface area contributed by atoms with Gasteiger partial charge in [0.15, 0.2) is 12.2 Å². The fourth-order valence-corrected chi connectivity index (χ4v) is 0.270. The van der Waals surface area contributed by atoms with E-state index in [0.717, 1.165) is 0 Å². The summed E-state index contributed by atoms with van der Waals surface area (Å²) in [5, 5.41) is 32.5. The van der Waals surface area contributed by atoms with Crippen molar-refractivity contribution in [2.45, 2.75) is 25.2 Å². The van der Waals surface area contributed by atoms with Crippen LogP contribution in [0.15, 0.2) is 0 Å². The Morgan fingerprint density at radius 2 is 1.33 bits per heavy atom. The number of aliphatic hydroxyl groups is 2. The minimum atomic E-state index is -2.27. The lowest BCUT2D eigenvalue weighted by Crippen LogP contribution is -2.39. The van der Waals surface area contributed by atoms with Crippen LogP contribution in [-0.2, 0) is 9.59 Å². The molecule has 0 aromatic carbocycles. The number of aliphatic carboxylic acids is 2. The van der Waals surface area contributed by atoms with Crippen LogP contribution in [-0.4, -0.2) is 57.2 Å². The predicted molar refractivity (Wildman–Crippen MR) is 50.0 cm³/mol. The van der Waals surface area contributed by atoms with Gasteiger partial charge in [0, 0.05) is 12.6 Å².